The summed E-state index contributed by atoms with van der Waals surface area (Å²) in [5.74, 6) is 5.99. The van der Waals surface area contributed by atoms with Crippen molar-refractivity contribution in [3.05, 3.63) is 57.5 Å². The quantitative estimate of drug-likeness (QED) is 0.643. The number of para-hydroxylation sites is 1. The van der Waals surface area contributed by atoms with Gasteiger partial charge in [-0.1, -0.05) is 53.0 Å². The maximum Gasteiger partial charge on any atom is 0.0948 e. The maximum atomic E-state index is 6.09. The third-order valence-corrected chi connectivity index (χ3v) is 3.05. The van der Waals surface area contributed by atoms with Crippen molar-refractivity contribution in [3.8, 4) is 0 Å². The molecule has 0 aliphatic carbocycles. The Labute approximate surface area is 114 Å². The summed E-state index contributed by atoms with van der Waals surface area (Å²) in [7, 11) is 0. The zero-order valence-electron chi connectivity index (χ0n) is 8.70. The van der Waals surface area contributed by atoms with Crippen molar-refractivity contribution >= 4 is 46.2 Å². The van der Waals surface area contributed by atoms with E-state index in [9.17, 15) is 0 Å². The Bertz CT molecular complexity index is 506. The van der Waals surface area contributed by atoms with Gasteiger partial charge in [0.25, 0.3) is 0 Å². The topological polar surface area (TPSA) is 29.3 Å². The van der Waals surface area contributed by atoms with E-state index in [0.717, 1.165) is 5.69 Å². The van der Waals surface area contributed by atoms with Crippen LogP contribution in [0, 0.1) is 0 Å². The summed E-state index contributed by atoms with van der Waals surface area (Å²) >= 11 is 18.0. The van der Waals surface area contributed by atoms with Crippen molar-refractivity contribution in [2.75, 3.05) is 5.01 Å². The molecule has 2 aromatic rings. The Kier molecular flexibility index (Phi) is 3.79. The summed E-state index contributed by atoms with van der Waals surface area (Å²) in [5.41, 5.74) is 1.32. The van der Waals surface area contributed by atoms with Crippen molar-refractivity contribution in [1.82, 2.24) is 0 Å². The summed E-state index contributed by atoms with van der Waals surface area (Å²) in [6, 6.07) is 12.6. The van der Waals surface area contributed by atoms with Gasteiger partial charge in [0, 0.05) is 5.02 Å². The molecule has 0 heterocycles. The number of anilines is 2. The first-order valence-electron chi connectivity index (χ1n) is 4.84. The molecule has 5 heteroatoms. The van der Waals surface area contributed by atoms with Gasteiger partial charge in [0.2, 0.25) is 0 Å². The molecule has 2 N–H and O–H groups in total. The van der Waals surface area contributed by atoms with E-state index >= 15 is 0 Å². The lowest BCUT2D eigenvalue weighted by molar-refractivity contribution is 1.09. The lowest BCUT2D eigenvalue weighted by Crippen LogP contribution is -2.25. The van der Waals surface area contributed by atoms with Gasteiger partial charge in [0.1, 0.15) is 0 Å². The first kappa shape index (κ1) is 12.5. The number of benzene rings is 2. The smallest absolute Gasteiger partial charge is 0.0948 e. The SMILES string of the molecule is NN(c1ccccc1)c1c(Cl)cc(Cl)cc1Cl. The summed E-state index contributed by atoms with van der Waals surface area (Å²) in [5, 5.41) is 2.73. The molecule has 2 aromatic carbocycles. The van der Waals surface area contributed by atoms with Gasteiger partial charge in [0.15, 0.2) is 0 Å². The highest BCUT2D eigenvalue weighted by molar-refractivity contribution is 6.41. The van der Waals surface area contributed by atoms with Crippen LogP contribution in [-0.4, -0.2) is 0 Å². The Balaban J connectivity index is 2.48. The molecule has 0 unspecified atom stereocenters. The van der Waals surface area contributed by atoms with Gasteiger partial charge < -0.3 is 0 Å². The van der Waals surface area contributed by atoms with E-state index in [4.69, 9.17) is 40.6 Å². The zero-order valence-corrected chi connectivity index (χ0v) is 11.0. The minimum atomic E-state index is 0.411. The van der Waals surface area contributed by atoms with Gasteiger partial charge in [0.05, 0.1) is 21.4 Å². The van der Waals surface area contributed by atoms with Gasteiger partial charge in [-0.25, -0.2) is 5.84 Å². The van der Waals surface area contributed by atoms with Gasteiger partial charge in [-0.15, -0.1) is 0 Å². The molecule has 2 rings (SSSR count). The fourth-order valence-corrected chi connectivity index (χ4v) is 2.48. The predicted octanol–water partition coefficient (Wildman–Crippen LogP) is 4.66. The lowest BCUT2D eigenvalue weighted by atomic mass is 10.2. The van der Waals surface area contributed by atoms with Crippen LogP contribution in [0.25, 0.3) is 0 Å². The summed E-state index contributed by atoms with van der Waals surface area (Å²) in [6.07, 6.45) is 0. The normalized spacial score (nSPS) is 10.4. The van der Waals surface area contributed by atoms with Gasteiger partial charge in [-0.2, -0.15) is 0 Å². The third kappa shape index (κ3) is 2.67. The summed E-state index contributed by atoms with van der Waals surface area (Å²) in [6.45, 7) is 0. The number of hydrogen-bond donors (Lipinski definition) is 1. The van der Waals surface area contributed by atoms with Crippen molar-refractivity contribution in [2.45, 2.75) is 0 Å². The molecule has 0 atom stereocenters. The first-order valence-corrected chi connectivity index (χ1v) is 5.97. The van der Waals surface area contributed by atoms with E-state index in [0.29, 0.717) is 20.8 Å². The minimum Gasteiger partial charge on any atom is -0.277 e. The third-order valence-electron chi connectivity index (χ3n) is 2.26. The predicted molar refractivity (Wildman–Crippen MR) is 74.2 cm³/mol. The molecule has 0 saturated carbocycles. The average molecular weight is 288 g/mol. The van der Waals surface area contributed by atoms with Crippen LogP contribution in [0.2, 0.25) is 15.1 Å². The number of rotatable bonds is 2. The molecule has 0 spiro atoms. The van der Waals surface area contributed by atoms with Gasteiger partial charge in [-0.05, 0) is 24.3 Å². The molecule has 0 aliphatic rings. The minimum absolute atomic E-state index is 0.411. The van der Waals surface area contributed by atoms with Gasteiger partial charge in [-0.3, -0.25) is 5.01 Å². The molecular formula is C12H9Cl3N2. The van der Waals surface area contributed by atoms with Crippen molar-refractivity contribution < 1.29 is 0 Å². The Morgan fingerprint density at radius 3 is 1.94 bits per heavy atom. The molecule has 0 fully saturated rings. The van der Waals surface area contributed by atoms with E-state index in [2.05, 4.69) is 0 Å². The zero-order chi connectivity index (χ0) is 12.4. The first-order chi connectivity index (χ1) is 8.09. The summed E-state index contributed by atoms with van der Waals surface area (Å²) < 4.78 is 0. The lowest BCUT2D eigenvalue weighted by Gasteiger charge is -2.21. The largest absolute Gasteiger partial charge is 0.277 e. The molecule has 0 bridgehead atoms. The molecule has 0 aliphatic heterocycles. The van der Waals surface area contributed by atoms with E-state index in [1.165, 1.54) is 5.01 Å². The number of halogens is 3. The fraction of sp³-hybridized carbons (Fsp3) is 0. The van der Waals surface area contributed by atoms with Crippen LogP contribution in [-0.2, 0) is 0 Å². The monoisotopic (exact) mass is 286 g/mol. The molecule has 2 nitrogen and oxygen atoms in total. The highest BCUT2D eigenvalue weighted by Crippen LogP contribution is 2.38. The van der Waals surface area contributed by atoms with Crippen LogP contribution in [0.15, 0.2) is 42.5 Å². The molecule has 88 valence electrons. The molecule has 0 radical (unpaired) electrons. The number of hydrogen-bond acceptors (Lipinski definition) is 2. The Hall–Kier alpha value is -0.930. The van der Waals surface area contributed by atoms with Crippen LogP contribution in [0.1, 0.15) is 0 Å². The van der Waals surface area contributed by atoms with Crippen LogP contribution < -0.4 is 10.9 Å². The van der Waals surface area contributed by atoms with E-state index in [1.54, 1.807) is 12.1 Å². The highest BCUT2D eigenvalue weighted by atomic mass is 35.5. The number of hydrazine groups is 1. The van der Waals surface area contributed by atoms with Crippen LogP contribution in [0.4, 0.5) is 11.4 Å². The molecule has 17 heavy (non-hydrogen) atoms. The number of nitrogens with zero attached hydrogens (tertiary/aromatic N) is 1. The second kappa shape index (κ2) is 5.15. The van der Waals surface area contributed by atoms with Crippen molar-refractivity contribution in [2.24, 2.45) is 5.84 Å². The second-order valence-corrected chi connectivity index (χ2v) is 4.67. The maximum absolute atomic E-state index is 6.09. The van der Waals surface area contributed by atoms with E-state index < -0.39 is 0 Å². The average Bonchev–Trinajstić information content (AvgIpc) is 2.28. The molecule has 0 saturated heterocycles. The highest BCUT2D eigenvalue weighted by Gasteiger charge is 2.14. The van der Waals surface area contributed by atoms with Crippen LogP contribution >= 0.6 is 34.8 Å². The Morgan fingerprint density at radius 2 is 1.41 bits per heavy atom. The van der Waals surface area contributed by atoms with Crippen molar-refractivity contribution in [3.63, 3.8) is 0 Å². The number of nitrogens with two attached hydrogens (primary N) is 1. The Morgan fingerprint density at radius 1 is 0.882 bits per heavy atom. The molecular weight excluding hydrogens is 279 g/mol. The summed E-state index contributed by atoms with van der Waals surface area (Å²) in [4.78, 5) is 0. The molecule has 0 amide bonds. The van der Waals surface area contributed by atoms with E-state index in [1.807, 2.05) is 30.3 Å². The second-order valence-electron chi connectivity index (χ2n) is 3.42. The van der Waals surface area contributed by atoms with Crippen molar-refractivity contribution in [1.29, 1.82) is 0 Å². The fourth-order valence-electron chi connectivity index (χ4n) is 1.48. The van der Waals surface area contributed by atoms with Crippen LogP contribution in [0.5, 0.6) is 0 Å². The standard InChI is InChI=1S/C12H9Cl3N2/c13-8-6-10(14)12(11(15)7-8)17(16)9-4-2-1-3-5-9/h1-7H,16H2. The van der Waals surface area contributed by atoms with Gasteiger partial charge >= 0.3 is 0 Å². The van der Waals surface area contributed by atoms with E-state index in [-0.39, 0.29) is 0 Å². The molecule has 0 aromatic heterocycles. The van der Waals surface area contributed by atoms with Crippen LogP contribution in [0.3, 0.4) is 0 Å².